The van der Waals surface area contributed by atoms with Gasteiger partial charge in [0, 0.05) is 55.4 Å². The monoisotopic (exact) mass is 474 g/mol. The maximum Gasteiger partial charge on any atom is 0.257 e. The van der Waals surface area contributed by atoms with Crippen LogP contribution in [0.2, 0.25) is 0 Å². The lowest BCUT2D eigenvalue weighted by Gasteiger charge is -2.35. The molecule has 0 atom stereocenters. The van der Waals surface area contributed by atoms with Crippen molar-refractivity contribution in [3.63, 3.8) is 0 Å². The van der Waals surface area contributed by atoms with Gasteiger partial charge in [-0.3, -0.25) is 19.4 Å². The average molecular weight is 475 g/mol. The van der Waals surface area contributed by atoms with E-state index in [0.29, 0.717) is 60.1 Å². The van der Waals surface area contributed by atoms with Gasteiger partial charge in [-0.1, -0.05) is 6.07 Å². The smallest absolute Gasteiger partial charge is 0.257 e. The third-order valence-corrected chi connectivity index (χ3v) is 5.78. The van der Waals surface area contributed by atoms with Gasteiger partial charge in [0.2, 0.25) is 0 Å². The SMILES string of the molecule is COc1ccc(C(=O)N2CCN(C(=O)c3cccc(NC(=O)c4cccnc4)c3)CC2)cc1OC. The second kappa shape index (κ2) is 10.7. The highest BCUT2D eigenvalue weighted by molar-refractivity contribution is 6.05. The van der Waals surface area contributed by atoms with E-state index in [1.165, 1.54) is 13.3 Å². The number of carbonyl (C=O) groups excluding carboxylic acids is 3. The number of anilines is 1. The summed E-state index contributed by atoms with van der Waals surface area (Å²) >= 11 is 0. The highest BCUT2D eigenvalue weighted by Gasteiger charge is 2.26. The van der Waals surface area contributed by atoms with Crippen molar-refractivity contribution in [2.45, 2.75) is 0 Å². The zero-order chi connectivity index (χ0) is 24.8. The van der Waals surface area contributed by atoms with Crippen molar-refractivity contribution in [3.8, 4) is 11.5 Å². The molecule has 35 heavy (non-hydrogen) atoms. The molecule has 1 aliphatic heterocycles. The van der Waals surface area contributed by atoms with Gasteiger partial charge < -0.3 is 24.6 Å². The van der Waals surface area contributed by atoms with Crippen LogP contribution in [0.15, 0.2) is 67.0 Å². The van der Waals surface area contributed by atoms with Crippen LogP contribution < -0.4 is 14.8 Å². The van der Waals surface area contributed by atoms with Crippen molar-refractivity contribution in [3.05, 3.63) is 83.7 Å². The number of pyridine rings is 1. The minimum atomic E-state index is -0.301. The standard InChI is InChI=1S/C26H26N4O5/c1-34-22-9-8-19(16-23(22)35-2)26(33)30-13-11-29(12-14-30)25(32)18-5-3-7-21(15-18)28-24(31)20-6-4-10-27-17-20/h3-10,15-17H,11-14H2,1-2H3,(H,28,31). The summed E-state index contributed by atoms with van der Waals surface area (Å²) in [6, 6.07) is 15.2. The predicted octanol–water partition coefficient (Wildman–Crippen LogP) is 2.95. The van der Waals surface area contributed by atoms with Crippen molar-refractivity contribution < 1.29 is 23.9 Å². The third kappa shape index (κ3) is 5.40. The minimum Gasteiger partial charge on any atom is -0.493 e. The van der Waals surface area contributed by atoms with Gasteiger partial charge in [-0.05, 0) is 48.5 Å². The van der Waals surface area contributed by atoms with Crippen LogP contribution in [0, 0.1) is 0 Å². The van der Waals surface area contributed by atoms with E-state index in [-0.39, 0.29) is 17.7 Å². The Morgan fingerprint density at radius 3 is 2.00 bits per heavy atom. The van der Waals surface area contributed by atoms with Crippen LogP contribution in [0.4, 0.5) is 5.69 Å². The number of nitrogens with one attached hydrogen (secondary N) is 1. The van der Waals surface area contributed by atoms with Gasteiger partial charge in [-0.25, -0.2) is 0 Å². The Balaban J connectivity index is 1.37. The van der Waals surface area contributed by atoms with Crippen LogP contribution in [0.3, 0.4) is 0 Å². The number of rotatable bonds is 6. The Morgan fingerprint density at radius 1 is 0.771 bits per heavy atom. The molecule has 0 aliphatic carbocycles. The Kier molecular flexibility index (Phi) is 7.25. The molecule has 1 aliphatic rings. The largest absolute Gasteiger partial charge is 0.493 e. The lowest BCUT2D eigenvalue weighted by atomic mass is 10.1. The lowest BCUT2D eigenvalue weighted by molar-refractivity contribution is 0.0535. The highest BCUT2D eigenvalue weighted by atomic mass is 16.5. The predicted molar refractivity (Wildman–Crippen MR) is 130 cm³/mol. The summed E-state index contributed by atoms with van der Waals surface area (Å²) in [4.78, 5) is 45.8. The zero-order valence-electron chi connectivity index (χ0n) is 19.6. The average Bonchev–Trinajstić information content (AvgIpc) is 2.92. The molecule has 0 bridgehead atoms. The number of amides is 3. The van der Waals surface area contributed by atoms with Crippen molar-refractivity contribution in [1.29, 1.82) is 0 Å². The summed E-state index contributed by atoms with van der Waals surface area (Å²) in [6.07, 6.45) is 3.07. The molecule has 0 saturated carbocycles. The van der Waals surface area contributed by atoms with Gasteiger partial charge in [0.05, 0.1) is 19.8 Å². The normalized spacial score (nSPS) is 13.2. The van der Waals surface area contributed by atoms with Crippen LogP contribution in [0.25, 0.3) is 0 Å². The Morgan fingerprint density at radius 2 is 1.40 bits per heavy atom. The molecule has 0 radical (unpaired) electrons. The number of nitrogens with zero attached hydrogens (tertiary/aromatic N) is 3. The molecule has 1 aromatic heterocycles. The van der Waals surface area contributed by atoms with Gasteiger partial charge in [0.25, 0.3) is 17.7 Å². The van der Waals surface area contributed by atoms with E-state index in [9.17, 15) is 14.4 Å². The minimum absolute atomic E-state index is 0.127. The number of hydrogen-bond donors (Lipinski definition) is 1. The summed E-state index contributed by atoms with van der Waals surface area (Å²) < 4.78 is 10.5. The number of aromatic nitrogens is 1. The van der Waals surface area contributed by atoms with E-state index < -0.39 is 0 Å². The van der Waals surface area contributed by atoms with Crippen LogP contribution in [0.1, 0.15) is 31.1 Å². The summed E-state index contributed by atoms with van der Waals surface area (Å²) in [6.45, 7) is 1.64. The lowest BCUT2D eigenvalue weighted by Crippen LogP contribution is -2.50. The molecular weight excluding hydrogens is 448 g/mol. The molecule has 1 fully saturated rings. The van der Waals surface area contributed by atoms with E-state index in [0.717, 1.165) is 0 Å². The second-order valence-corrected chi connectivity index (χ2v) is 7.93. The van der Waals surface area contributed by atoms with E-state index in [4.69, 9.17) is 9.47 Å². The number of ether oxygens (including phenoxy) is 2. The zero-order valence-corrected chi connectivity index (χ0v) is 19.6. The maximum absolute atomic E-state index is 13.1. The maximum atomic E-state index is 13.1. The first-order valence-corrected chi connectivity index (χ1v) is 11.1. The highest BCUT2D eigenvalue weighted by Crippen LogP contribution is 2.28. The van der Waals surface area contributed by atoms with Gasteiger partial charge in [0.15, 0.2) is 11.5 Å². The number of benzene rings is 2. The molecule has 180 valence electrons. The molecule has 3 amide bonds. The second-order valence-electron chi connectivity index (χ2n) is 7.93. The van der Waals surface area contributed by atoms with Crippen molar-refractivity contribution >= 4 is 23.4 Å². The fraction of sp³-hybridized carbons (Fsp3) is 0.231. The molecule has 4 rings (SSSR count). The number of carbonyl (C=O) groups is 3. The van der Waals surface area contributed by atoms with Gasteiger partial charge in [-0.15, -0.1) is 0 Å². The van der Waals surface area contributed by atoms with Crippen LogP contribution in [-0.4, -0.2) is 72.9 Å². The molecule has 2 aromatic carbocycles. The Hall–Kier alpha value is -4.40. The first-order chi connectivity index (χ1) is 17.0. The molecule has 0 unspecified atom stereocenters. The van der Waals surface area contributed by atoms with Crippen molar-refractivity contribution in [2.75, 3.05) is 45.7 Å². The van der Waals surface area contributed by atoms with Crippen LogP contribution >= 0.6 is 0 Å². The van der Waals surface area contributed by atoms with Crippen molar-refractivity contribution in [1.82, 2.24) is 14.8 Å². The van der Waals surface area contributed by atoms with Gasteiger partial charge >= 0.3 is 0 Å². The first kappa shape index (κ1) is 23.7. The van der Waals surface area contributed by atoms with Crippen molar-refractivity contribution in [2.24, 2.45) is 0 Å². The summed E-state index contributed by atoms with van der Waals surface area (Å²) in [5.74, 6) is 0.463. The quantitative estimate of drug-likeness (QED) is 0.590. The molecule has 0 spiro atoms. The molecular formula is C26H26N4O5. The molecule has 2 heterocycles. The first-order valence-electron chi connectivity index (χ1n) is 11.1. The molecule has 9 heteroatoms. The summed E-state index contributed by atoms with van der Waals surface area (Å²) in [7, 11) is 3.07. The third-order valence-electron chi connectivity index (χ3n) is 5.78. The molecule has 1 N–H and O–H groups in total. The van der Waals surface area contributed by atoms with E-state index in [2.05, 4.69) is 10.3 Å². The number of piperazine rings is 1. The molecule has 3 aromatic rings. The number of methoxy groups -OCH3 is 2. The summed E-state index contributed by atoms with van der Waals surface area (Å²) in [5, 5.41) is 2.79. The Bertz CT molecular complexity index is 1220. The van der Waals surface area contributed by atoms with Crippen LogP contribution in [0.5, 0.6) is 11.5 Å². The van der Waals surface area contributed by atoms with E-state index >= 15 is 0 Å². The van der Waals surface area contributed by atoms with E-state index in [1.807, 2.05) is 0 Å². The topological polar surface area (TPSA) is 101 Å². The Labute approximate surface area is 203 Å². The molecule has 9 nitrogen and oxygen atoms in total. The molecule has 1 saturated heterocycles. The van der Waals surface area contributed by atoms with E-state index in [1.54, 1.807) is 77.7 Å². The van der Waals surface area contributed by atoms with Crippen LogP contribution in [-0.2, 0) is 0 Å². The summed E-state index contributed by atoms with van der Waals surface area (Å²) in [5.41, 5.74) is 1.92. The van der Waals surface area contributed by atoms with Gasteiger partial charge in [0.1, 0.15) is 0 Å². The fourth-order valence-electron chi connectivity index (χ4n) is 3.88. The fourth-order valence-corrected chi connectivity index (χ4v) is 3.88. The number of hydrogen-bond acceptors (Lipinski definition) is 6. The van der Waals surface area contributed by atoms with Gasteiger partial charge in [-0.2, -0.15) is 0 Å².